The quantitative estimate of drug-likeness (QED) is 0.268. The molecule has 1 atom stereocenters. The molecule has 0 aliphatic carbocycles. The molecule has 34 heavy (non-hydrogen) atoms. The molecule has 0 saturated heterocycles. The lowest BCUT2D eigenvalue weighted by atomic mass is 10.0. The Morgan fingerprint density at radius 1 is 1.21 bits per heavy atom. The summed E-state index contributed by atoms with van der Waals surface area (Å²) in [5.74, 6) is -0.426. The minimum Gasteiger partial charge on any atom is -0.351 e. The number of nitrogens with one attached hydrogen (secondary N) is 3. The maximum absolute atomic E-state index is 13.2. The minimum atomic E-state index is -3.96. The maximum atomic E-state index is 13.2. The first-order valence-corrected chi connectivity index (χ1v) is 14.1. The second kappa shape index (κ2) is 10.4. The van der Waals surface area contributed by atoms with Gasteiger partial charge in [-0.25, -0.2) is 8.42 Å². The molecule has 2 aliphatic rings. The highest BCUT2D eigenvalue weighted by Crippen LogP contribution is 2.34. The van der Waals surface area contributed by atoms with E-state index in [1.54, 1.807) is 53.1 Å². The molecule has 1 amide bonds. The number of rotatable bonds is 7. The Morgan fingerprint density at radius 2 is 2.00 bits per heavy atom. The Hall–Kier alpha value is -1.86. The number of carbonyl (C=O) groups is 1. The summed E-state index contributed by atoms with van der Waals surface area (Å²) in [6, 6.07) is 10.3. The fraction of sp³-hybridized carbons (Fsp3) is 0.136. The van der Waals surface area contributed by atoms with E-state index >= 15 is 0 Å². The van der Waals surface area contributed by atoms with Gasteiger partial charge in [0.25, 0.3) is 15.9 Å². The molecule has 2 aromatic carbocycles. The Bertz CT molecular complexity index is 1350. The molecular formula is C22H19Cl2IN4O3S2. The monoisotopic (exact) mass is 648 g/mol. The van der Waals surface area contributed by atoms with E-state index in [0.29, 0.717) is 22.3 Å². The van der Waals surface area contributed by atoms with E-state index in [1.165, 1.54) is 18.2 Å². The predicted molar refractivity (Wildman–Crippen MR) is 147 cm³/mol. The average Bonchev–Trinajstić information content (AvgIpc) is 3.27. The van der Waals surface area contributed by atoms with Gasteiger partial charge in [-0.15, -0.1) is 0 Å². The van der Waals surface area contributed by atoms with Crippen LogP contribution in [0.1, 0.15) is 28.8 Å². The zero-order valence-electron chi connectivity index (χ0n) is 17.7. The van der Waals surface area contributed by atoms with Crippen molar-refractivity contribution in [2.75, 3.05) is 11.3 Å². The van der Waals surface area contributed by atoms with E-state index in [-0.39, 0.29) is 22.1 Å². The number of carbonyl (C=O) groups excluding carboxylic acids is 1. The van der Waals surface area contributed by atoms with Crippen molar-refractivity contribution in [2.24, 2.45) is 0 Å². The van der Waals surface area contributed by atoms with Crippen LogP contribution >= 0.6 is 57.9 Å². The smallest absolute Gasteiger partial charge is 0.264 e. The third kappa shape index (κ3) is 5.51. The first kappa shape index (κ1) is 25.2. The number of amides is 1. The Morgan fingerprint density at radius 3 is 2.76 bits per heavy atom. The van der Waals surface area contributed by atoms with Gasteiger partial charge in [0, 0.05) is 22.5 Å². The zero-order valence-corrected chi connectivity index (χ0v) is 23.0. The normalized spacial score (nSPS) is 15.7. The van der Waals surface area contributed by atoms with Crippen molar-refractivity contribution >= 4 is 79.5 Å². The van der Waals surface area contributed by atoms with Crippen molar-refractivity contribution in [3.8, 4) is 0 Å². The molecule has 12 heteroatoms. The standard InChI is InChI=1S/C22H19Cl2IN4O3S2/c1-13(14-4-7-17(23)18(24)9-14)11-26-22(30)16-6-5-15(25)10-19(16)28-34(31,32)21-3-2-8-29-20(21)12-27-33-29/h2-10,12-13,27-28H,11H2,1H3,(H,26,30). The number of hydrogen-bond donors (Lipinski definition) is 3. The lowest BCUT2D eigenvalue weighted by molar-refractivity contribution is 0.0952. The molecule has 2 heterocycles. The van der Waals surface area contributed by atoms with Crippen LogP contribution in [0.2, 0.25) is 10.0 Å². The molecule has 3 N–H and O–H groups in total. The van der Waals surface area contributed by atoms with Gasteiger partial charge in [-0.3, -0.25) is 13.8 Å². The molecule has 7 nitrogen and oxygen atoms in total. The highest BCUT2D eigenvalue weighted by atomic mass is 127. The van der Waals surface area contributed by atoms with Crippen LogP contribution in [0, 0.1) is 3.57 Å². The largest absolute Gasteiger partial charge is 0.351 e. The molecule has 4 rings (SSSR count). The first-order chi connectivity index (χ1) is 16.2. The number of halogens is 3. The van der Waals surface area contributed by atoms with Gasteiger partial charge < -0.3 is 10.0 Å². The fourth-order valence-corrected chi connectivity index (χ4v) is 6.11. The van der Waals surface area contributed by atoms with Crippen LogP contribution in [0.3, 0.4) is 0 Å². The Labute approximate surface area is 226 Å². The lowest BCUT2D eigenvalue weighted by Crippen LogP contribution is -2.29. The molecule has 178 valence electrons. The van der Waals surface area contributed by atoms with E-state index in [0.717, 1.165) is 9.13 Å². The van der Waals surface area contributed by atoms with Crippen molar-refractivity contribution in [1.29, 1.82) is 0 Å². The summed E-state index contributed by atoms with van der Waals surface area (Å²) in [5.41, 5.74) is 1.86. The molecular weight excluding hydrogens is 630 g/mol. The van der Waals surface area contributed by atoms with Gasteiger partial charge in [0.15, 0.2) is 0 Å². The van der Waals surface area contributed by atoms with Gasteiger partial charge in [-0.2, -0.15) is 0 Å². The SMILES string of the molecule is CC(CNC(=O)c1ccc(I)cc1NS(=O)(=O)C1=CC=CN2SNC=C12)c1ccc(Cl)c(Cl)c1. The van der Waals surface area contributed by atoms with Crippen LogP contribution in [0.15, 0.2) is 71.6 Å². The number of fused-ring (bicyclic) bond motifs is 1. The van der Waals surface area contributed by atoms with Crippen LogP contribution < -0.4 is 14.8 Å². The van der Waals surface area contributed by atoms with Crippen LogP contribution in [-0.4, -0.2) is 25.2 Å². The number of nitrogens with zero attached hydrogens (tertiary/aromatic N) is 1. The Kier molecular flexibility index (Phi) is 7.72. The van der Waals surface area contributed by atoms with Gasteiger partial charge in [0.1, 0.15) is 4.91 Å². The van der Waals surface area contributed by atoms with Crippen molar-refractivity contribution in [1.82, 2.24) is 14.3 Å². The van der Waals surface area contributed by atoms with Crippen LogP contribution in [0.5, 0.6) is 0 Å². The van der Waals surface area contributed by atoms with Crippen LogP contribution in [-0.2, 0) is 10.0 Å². The molecule has 0 radical (unpaired) electrons. The third-order valence-electron chi connectivity index (χ3n) is 5.15. The highest BCUT2D eigenvalue weighted by Gasteiger charge is 2.30. The topological polar surface area (TPSA) is 90.5 Å². The summed E-state index contributed by atoms with van der Waals surface area (Å²) < 4.78 is 34.5. The molecule has 0 saturated carbocycles. The van der Waals surface area contributed by atoms with Crippen molar-refractivity contribution in [2.45, 2.75) is 12.8 Å². The van der Waals surface area contributed by atoms with E-state index in [4.69, 9.17) is 23.2 Å². The summed E-state index contributed by atoms with van der Waals surface area (Å²) in [5, 5.41) is 3.79. The summed E-state index contributed by atoms with van der Waals surface area (Å²) >= 11 is 15.4. The van der Waals surface area contributed by atoms with E-state index < -0.39 is 15.9 Å². The number of sulfonamides is 1. The maximum Gasteiger partial charge on any atom is 0.264 e. The number of benzene rings is 2. The number of allylic oxidation sites excluding steroid dienone is 2. The Balaban J connectivity index is 1.52. The zero-order chi connectivity index (χ0) is 24.5. The third-order valence-corrected chi connectivity index (χ3v) is 8.71. The molecule has 0 spiro atoms. The number of anilines is 1. The summed E-state index contributed by atoms with van der Waals surface area (Å²) in [6.45, 7) is 2.28. The average molecular weight is 649 g/mol. The number of hydrogen-bond acceptors (Lipinski definition) is 6. The molecule has 2 aromatic rings. The van der Waals surface area contributed by atoms with Gasteiger partial charge in [0.2, 0.25) is 0 Å². The van der Waals surface area contributed by atoms with Crippen molar-refractivity contribution in [3.05, 3.63) is 96.3 Å². The second-order valence-electron chi connectivity index (χ2n) is 7.52. The van der Waals surface area contributed by atoms with E-state index in [1.807, 2.05) is 13.0 Å². The molecule has 1 unspecified atom stereocenters. The van der Waals surface area contributed by atoms with Crippen LogP contribution in [0.4, 0.5) is 5.69 Å². The summed E-state index contributed by atoms with van der Waals surface area (Å²) in [6.07, 6.45) is 6.55. The van der Waals surface area contributed by atoms with E-state index in [9.17, 15) is 13.2 Å². The van der Waals surface area contributed by atoms with Gasteiger partial charge in [-0.05, 0) is 76.6 Å². The van der Waals surface area contributed by atoms with Gasteiger partial charge >= 0.3 is 0 Å². The first-order valence-electron chi connectivity index (χ1n) is 10.0. The summed E-state index contributed by atoms with van der Waals surface area (Å²) in [7, 11) is -3.96. The molecule has 2 aliphatic heterocycles. The molecule has 0 bridgehead atoms. The molecule has 0 aromatic heterocycles. The van der Waals surface area contributed by atoms with Crippen molar-refractivity contribution < 1.29 is 13.2 Å². The van der Waals surface area contributed by atoms with Crippen LogP contribution in [0.25, 0.3) is 0 Å². The highest BCUT2D eigenvalue weighted by molar-refractivity contribution is 14.1. The van der Waals surface area contributed by atoms with Gasteiger partial charge in [-0.1, -0.05) is 36.2 Å². The van der Waals surface area contributed by atoms with Gasteiger partial charge in [0.05, 0.1) is 39.1 Å². The van der Waals surface area contributed by atoms with Crippen molar-refractivity contribution in [3.63, 3.8) is 0 Å². The molecule has 0 fully saturated rings. The minimum absolute atomic E-state index is 0.0350. The predicted octanol–water partition coefficient (Wildman–Crippen LogP) is 5.59. The van der Waals surface area contributed by atoms with E-state index in [2.05, 4.69) is 37.4 Å². The fourth-order valence-electron chi connectivity index (χ4n) is 3.34. The summed E-state index contributed by atoms with van der Waals surface area (Å²) in [4.78, 5) is 13.1. The second-order valence-corrected chi connectivity index (χ2v) is 12.0. The lowest BCUT2D eigenvalue weighted by Gasteiger charge is -2.21.